The minimum absolute atomic E-state index is 0.822. The Bertz CT molecular complexity index is 1240. The van der Waals surface area contributed by atoms with Gasteiger partial charge in [0.05, 0.1) is 11.4 Å². The van der Waals surface area contributed by atoms with Crippen LogP contribution in [0.15, 0.2) is 66.7 Å². The fourth-order valence-corrected chi connectivity index (χ4v) is 5.15. The van der Waals surface area contributed by atoms with Crippen molar-refractivity contribution in [3.05, 3.63) is 94.5 Å². The van der Waals surface area contributed by atoms with Gasteiger partial charge in [-0.15, -0.1) is 0 Å². The first-order chi connectivity index (χ1) is 14.4. The second-order valence-corrected chi connectivity index (χ2v) is 8.67. The Morgan fingerprint density at radius 1 is 0.533 bits per heavy atom. The largest absolute Gasteiger partial charge is 0.320 e. The fraction of sp³-hybridized carbons (Fsp3) is 0.214. The predicted octanol–water partition coefficient (Wildman–Crippen LogP) is 7.63. The van der Waals surface area contributed by atoms with Crippen LogP contribution in [0.3, 0.4) is 0 Å². The van der Waals surface area contributed by atoms with Gasteiger partial charge in [0.15, 0.2) is 0 Å². The molecule has 0 spiro atoms. The zero-order chi connectivity index (χ0) is 21.0. The van der Waals surface area contributed by atoms with E-state index in [1.807, 2.05) is 0 Å². The highest BCUT2D eigenvalue weighted by Gasteiger charge is 2.31. The third-order valence-electron chi connectivity index (χ3n) is 6.32. The topological polar surface area (TPSA) is 6.48 Å². The number of benzene rings is 4. The summed E-state index contributed by atoms with van der Waals surface area (Å²) in [5.41, 5.74) is 11.8. The standard InChI is InChI=1S/C28H28N2/c1-18-13-21(4)28(22(5)14-18)30-17-29(27-19(2)9-8-10-20(27)3)25-15-23-11-6-7-12-24(23)16-26(25)30/h6-16H,17H2,1-5H3. The van der Waals surface area contributed by atoms with Crippen molar-refractivity contribution in [3.63, 3.8) is 0 Å². The zero-order valence-corrected chi connectivity index (χ0v) is 18.5. The molecule has 0 radical (unpaired) electrons. The Morgan fingerprint density at radius 3 is 1.50 bits per heavy atom. The van der Waals surface area contributed by atoms with Crippen LogP contribution in [0.25, 0.3) is 10.8 Å². The Hall–Kier alpha value is -3.26. The van der Waals surface area contributed by atoms with Gasteiger partial charge in [-0.25, -0.2) is 0 Å². The summed E-state index contributed by atoms with van der Waals surface area (Å²) in [5.74, 6) is 0. The maximum absolute atomic E-state index is 2.50. The van der Waals surface area contributed by atoms with Crippen LogP contribution in [0.4, 0.5) is 22.7 Å². The number of anilines is 4. The molecule has 2 heteroatoms. The summed E-state index contributed by atoms with van der Waals surface area (Å²) in [5, 5.41) is 2.57. The molecule has 0 aliphatic carbocycles. The Balaban J connectivity index is 1.78. The number of hydrogen-bond acceptors (Lipinski definition) is 2. The molecule has 0 bridgehead atoms. The lowest BCUT2D eigenvalue weighted by Crippen LogP contribution is -2.26. The molecule has 4 aromatic rings. The highest BCUT2D eigenvalue weighted by Crippen LogP contribution is 2.48. The quantitative estimate of drug-likeness (QED) is 0.346. The second kappa shape index (κ2) is 6.91. The van der Waals surface area contributed by atoms with Crippen molar-refractivity contribution in [2.45, 2.75) is 34.6 Å². The van der Waals surface area contributed by atoms with Gasteiger partial charge in [0.25, 0.3) is 0 Å². The van der Waals surface area contributed by atoms with Gasteiger partial charge >= 0.3 is 0 Å². The molecule has 4 aromatic carbocycles. The van der Waals surface area contributed by atoms with Gasteiger partial charge in [0.2, 0.25) is 0 Å². The van der Waals surface area contributed by atoms with E-state index in [0.717, 1.165) is 6.67 Å². The molecule has 1 aliphatic rings. The van der Waals surface area contributed by atoms with Crippen LogP contribution in [0.5, 0.6) is 0 Å². The number of hydrogen-bond donors (Lipinski definition) is 0. The third-order valence-corrected chi connectivity index (χ3v) is 6.32. The molecular weight excluding hydrogens is 364 g/mol. The molecule has 0 saturated carbocycles. The normalized spacial score (nSPS) is 13.2. The summed E-state index contributed by atoms with van der Waals surface area (Å²) in [7, 11) is 0. The molecule has 1 heterocycles. The summed E-state index contributed by atoms with van der Waals surface area (Å²) in [6.45, 7) is 11.9. The van der Waals surface area contributed by atoms with E-state index in [4.69, 9.17) is 0 Å². The minimum atomic E-state index is 0.822. The summed E-state index contributed by atoms with van der Waals surface area (Å²) in [6, 6.07) is 24.6. The van der Waals surface area contributed by atoms with Gasteiger partial charge in [-0.3, -0.25) is 0 Å². The smallest absolute Gasteiger partial charge is 0.100 e. The van der Waals surface area contributed by atoms with E-state index in [-0.39, 0.29) is 0 Å². The first kappa shape index (κ1) is 18.7. The molecule has 150 valence electrons. The molecule has 0 N–H and O–H groups in total. The van der Waals surface area contributed by atoms with Crippen molar-refractivity contribution >= 4 is 33.5 Å². The summed E-state index contributed by atoms with van der Waals surface area (Å²) in [6.07, 6.45) is 0. The minimum Gasteiger partial charge on any atom is -0.320 e. The lowest BCUT2D eigenvalue weighted by atomic mass is 10.0. The Morgan fingerprint density at radius 2 is 1.00 bits per heavy atom. The van der Waals surface area contributed by atoms with Crippen LogP contribution in [-0.4, -0.2) is 6.67 Å². The van der Waals surface area contributed by atoms with Crippen molar-refractivity contribution in [2.75, 3.05) is 16.5 Å². The first-order valence-corrected chi connectivity index (χ1v) is 10.7. The molecular formula is C28H28N2. The van der Waals surface area contributed by atoms with Crippen LogP contribution in [0.1, 0.15) is 27.8 Å². The first-order valence-electron chi connectivity index (χ1n) is 10.7. The van der Waals surface area contributed by atoms with Crippen molar-refractivity contribution in [1.29, 1.82) is 0 Å². The van der Waals surface area contributed by atoms with Gasteiger partial charge < -0.3 is 9.80 Å². The Labute approximate surface area is 179 Å². The molecule has 5 rings (SSSR count). The van der Waals surface area contributed by atoms with E-state index in [2.05, 4.69) is 111 Å². The van der Waals surface area contributed by atoms with Crippen LogP contribution < -0.4 is 9.80 Å². The van der Waals surface area contributed by atoms with Gasteiger partial charge in [0.1, 0.15) is 6.67 Å². The molecule has 30 heavy (non-hydrogen) atoms. The summed E-state index contributed by atoms with van der Waals surface area (Å²) in [4.78, 5) is 4.99. The van der Waals surface area contributed by atoms with Gasteiger partial charge in [-0.1, -0.05) is 60.2 Å². The average molecular weight is 393 g/mol. The van der Waals surface area contributed by atoms with E-state index < -0.39 is 0 Å². The van der Waals surface area contributed by atoms with Crippen LogP contribution in [0.2, 0.25) is 0 Å². The maximum atomic E-state index is 2.50. The van der Waals surface area contributed by atoms with Crippen molar-refractivity contribution in [3.8, 4) is 0 Å². The van der Waals surface area contributed by atoms with Gasteiger partial charge in [0, 0.05) is 11.4 Å². The van der Waals surface area contributed by atoms with Crippen molar-refractivity contribution in [2.24, 2.45) is 0 Å². The average Bonchev–Trinajstić information content (AvgIpc) is 3.03. The van der Waals surface area contributed by atoms with Crippen LogP contribution in [0, 0.1) is 34.6 Å². The van der Waals surface area contributed by atoms with Gasteiger partial charge in [-0.05, 0) is 79.8 Å². The SMILES string of the molecule is Cc1cc(C)c(N2CN(c3c(C)cccc3C)c3cc4ccccc4cc32)c(C)c1. The molecule has 2 nitrogen and oxygen atoms in total. The number of para-hydroxylation sites is 1. The molecule has 0 unspecified atom stereocenters. The molecule has 0 atom stereocenters. The van der Waals surface area contributed by atoms with Crippen molar-refractivity contribution < 1.29 is 0 Å². The monoisotopic (exact) mass is 392 g/mol. The van der Waals surface area contributed by atoms with Gasteiger partial charge in [-0.2, -0.15) is 0 Å². The van der Waals surface area contributed by atoms with E-state index in [0.29, 0.717) is 0 Å². The maximum Gasteiger partial charge on any atom is 0.100 e. The van der Waals surface area contributed by atoms with E-state index in [1.54, 1.807) is 0 Å². The highest BCUT2D eigenvalue weighted by atomic mass is 15.4. The highest BCUT2D eigenvalue weighted by molar-refractivity contribution is 5.99. The molecule has 0 amide bonds. The summed E-state index contributed by atoms with van der Waals surface area (Å²) < 4.78 is 0. The lowest BCUT2D eigenvalue weighted by Gasteiger charge is -2.27. The second-order valence-electron chi connectivity index (χ2n) is 8.67. The third kappa shape index (κ3) is 2.87. The van der Waals surface area contributed by atoms with Crippen molar-refractivity contribution in [1.82, 2.24) is 0 Å². The molecule has 0 saturated heterocycles. The summed E-state index contributed by atoms with van der Waals surface area (Å²) >= 11 is 0. The van der Waals surface area contributed by atoms with E-state index in [1.165, 1.54) is 61.3 Å². The zero-order valence-electron chi connectivity index (χ0n) is 18.5. The number of fused-ring (bicyclic) bond motifs is 2. The molecule has 1 aliphatic heterocycles. The van der Waals surface area contributed by atoms with Crippen LogP contribution in [-0.2, 0) is 0 Å². The van der Waals surface area contributed by atoms with E-state index in [9.17, 15) is 0 Å². The molecule has 0 aromatic heterocycles. The predicted molar refractivity (Wildman–Crippen MR) is 130 cm³/mol. The fourth-order valence-electron chi connectivity index (χ4n) is 5.15. The number of aryl methyl sites for hydroxylation is 5. The van der Waals surface area contributed by atoms with E-state index >= 15 is 0 Å². The number of nitrogens with zero attached hydrogens (tertiary/aromatic N) is 2. The molecule has 0 fully saturated rings. The lowest BCUT2D eigenvalue weighted by molar-refractivity contribution is 0.969. The Kier molecular flexibility index (Phi) is 4.32. The van der Waals surface area contributed by atoms with Crippen LogP contribution >= 0.6 is 0 Å². The number of rotatable bonds is 2.